The minimum absolute atomic E-state index is 0.142. The van der Waals surface area contributed by atoms with E-state index in [2.05, 4.69) is 6.58 Å². The van der Waals surface area contributed by atoms with E-state index in [0.29, 0.717) is 5.92 Å². The number of hydrogen-bond donors (Lipinski definition) is 1. The Labute approximate surface area is 49.3 Å². The van der Waals surface area contributed by atoms with E-state index in [1.807, 2.05) is 0 Å². The summed E-state index contributed by atoms with van der Waals surface area (Å²) in [6.07, 6.45) is 1.77. The van der Waals surface area contributed by atoms with Gasteiger partial charge in [-0.1, -0.05) is 6.08 Å². The number of rotatable bonds is 2. The molecular formula is C6H11NO. The average Bonchev–Trinajstić information content (AvgIpc) is 1.62. The van der Waals surface area contributed by atoms with Crippen LogP contribution in [0, 0.1) is 5.92 Å². The van der Waals surface area contributed by atoms with Crippen LogP contribution in [0.2, 0.25) is 0 Å². The number of ether oxygens (including phenoxy) is 1. The van der Waals surface area contributed by atoms with Gasteiger partial charge in [-0.25, -0.2) is 0 Å². The second-order valence-corrected chi connectivity index (χ2v) is 2.11. The topological polar surface area (TPSA) is 35.2 Å². The fourth-order valence-corrected chi connectivity index (χ4v) is 0.669. The second kappa shape index (κ2) is 2.29. The Bertz CT molecular complexity index is 88.5. The fourth-order valence-electron chi connectivity index (χ4n) is 0.669. The largest absolute Gasteiger partial charge is 0.381 e. The SMILES string of the molecule is C=CC(N)C1COC1. The molecule has 0 aromatic heterocycles. The van der Waals surface area contributed by atoms with Crippen LogP contribution in [0.1, 0.15) is 0 Å². The Hall–Kier alpha value is -0.340. The first-order chi connectivity index (χ1) is 3.84. The Morgan fingerprint density at radius 2 is 2.38 bits per heavy atom. The van der Waals surface area contributed by atoms with Gasteiger partial charge in [-0.2, -0.15) is 0 Å². The van der Waals surface area contributed by atoms with E-state index in [1.54, 1.807) is 6.08 Å². The second-order valence-electron chi connectivity index (χ2n) is 2.11. The zero-order chi connectivity index (χ0) is 5.98. The summed E-state index contributed by atoms with van der Waals surface area (Å²) in [5.41, 5.74) is 5.58. The van der Waals surface area contributed by atoms with Gasteiger partial charge in [0, 0.05) is 12.0 Å². The van der Waals surface area contributed by atoms with E-state index in [9.17, 15) is 0 Å². The van der Waals surface area contributed by atoms with Gasteiger partial charge in [0.2, 0.25) is 0 Å². The van der Waals surface area contributed by atoms with Crippen molar-refractivity contribution >= 4 is 0 Å². The van der Waals surface area contributed by atoms with Crippen LogP contribution in [0.15, 0.2) is 12.7 Å². The van der Waals surface area contributed by atoms with Crippen molar-refractivity contribution in [2.75, 3.05) is 13.2 Å². The molecule has 2 N–H and O–H groups in total. The highest BCUT2D eigenvalue weighted by Gasteiger charge is 2.22. The molecule has 0 amide bonds. The van der Waals surface area contributed by atoms with Crippen LogP contribution in [0.25, 0.3) is 0 Å². The third-order valence-electron chi connectivity index (χ3n) is 1.48. The molecule has 1 saturated heterocycles. The maximum Gasteiger partial charge on any atom is 0.0534 e. The molecule has 1 unspecified atom stereocenters. The molecule has 1 fully saturated rings. The van der Waals surface area contributed by atoms with Crippen LogP contribution in [0.4, 0.5) is 0 Å². The molecule has 2 heteroatoms. The maximum absolute atomic E-state index is 5.58. The van der Waals surface area contributed by atoms with Crippen LogP contribution in [-0.4, -0.2) is 19.3 Å². The number of nitrogens with two attached hydrogens (primary N) is 1. The Balaban J connectivity index is 2.22. The predicted molar refractivity (Wildman–Crippen MR) is 32.5 cm³/mol. The van der Waals surface area contributed by atoms with E-state index in [0.717, 1.165) is 13.2 Å². The quantitative estimate of drug-likeness (QED) is 0.517. The average molecular weight is 113 g/mol. The minimum atomic E-state index is 0.142. The lowest BCUT2D eigenvalue weighted by Crippen LogP contribution is -2.41. The molecule has 0 saturated carbocycles. The van der Waals surface area contributed by atoms with Crippen molar-refractivity contribution < 1.29 is 4.74 Å². The van der Waals surface area contributed by atoms with Crippen molar-refractivity contribution in [3.8, 4) is 0 Å². The fraction of sp³-hybridized carbons (Fsp3) is 0.667. The van der Waals surface area contributed by atoms with Gasteiger partial charge in [0.25, 0.3) is 0 Å². The summed E-state index contributed by atoms with van der Waals surface area (Å²) in [6, 6.07) is 0.142. The zero-order valence-corrected chi connectivity index (χ0v) is 4.84. The zero-order valence-electron chi connectivity index (χ0n) is 4.84. The van der Waals surface area contributed by atoms with Gasteiger partial charge in [0.15, 0.2) is 0 Å². The molecule has 2 nitrogen and oxygen atoms in total. The van der Waals surface area contributed by atoms with Crippen LogP contribution >= 0.6 is 0 Å². The molecule has 0 aromatic rings. The van der Waals surface area contributed by atoms with Crippen molar-refractivity contribution in [2.24, 2.45) is 11.7 Å². The number of hydrogen-bond acceptors (Lipinski definition) is 2. The van der Waals surface area contributed by atoms with Gasteiger partial charge >= 0.3 is 0 Å². The van der Waals surface area contributed by atoms with Crippen LogP contribution in [0.5, 0.6) is 0 Å². The highest BCUT2D eigenvalue weighted by molar-refractivity contribution is 4.90. The molecule has 1 aliphatic rings. The first-order valence-corrected chi connectivity index (χ1v) is 2.80. The monoisotopic (exact) mass is 113 g/mol. The third kappa shape index (κ3) is 0.904. The maximum atomic E-state index is 5.58. The Morgan fingerprint density at radius 3 is 2.50 bits per heavy atom. The van der Waals surface area contributed by atoms with Crippen molar-refractivity contribution in [1.82, 2.24) is 0 Å². The van der Waals surface area contributed by atoms with Gasteiger partial charge in [0.1, 0.15) is 0 Å². The van der Waals surface area contributed by atoms with Crippen molar-refractivity contribution in [3.05, 3.63) is 12.7 Å². The van der Waals surface area contributed by atoms with Gasteiger partial charge in [-0.3, -0.25) is 0 Å². The molecule has 1 atom stereocenters. The van der Waals surface area contributed by atoms with E-state index >= 15 is 0 Å². The summed E-state index contributed by atoms with van der Waals surface area (Å²) in [5, 5.41) is 0. The van der Waals surface area contributed by atoms with E-state index in [4.69, 9.17) is 10.5 Å². The summed E-state index contributed by atoms with van der Waals surface area (Å²) in [4.78, 5) is 0. The molecule has 1 heterocycles. The van der Waals surface area contributed by atoms with E-state index in [-0.39, 0.29) is 6.04 Å². The molecule has 1 rings (SSSR count). The Kier molecular flexibility index (Phi) is 1.65. The van der Waals surface area contributed by atoms with E-state index in [1.165, 1.54) is 0 Å². The summed E-state index contributed by atoms with van der Waals surface area (Å²) in [6.45, 7) is 5.21. The molecule has 8 heavy (non-hydrogen) atoms. The van der Waals surface area contributed by atoms with Gasteiger partial charge in [-0.05, 0) is 0 Å². The molecule has 0 bridgehead atoms. The normalized spacial score (nSPS) is 24.1. The first kappa shape index (κ1) is 5.79. The standard InChI is InChI=1S/C6H11NO/c1-2-6(7)5-3-8-4-5/h2,5-6H,1,3-4,7H2. The van der Waals surface area contributed by atoms with Crippen LogP contribution in [0.3, 0.4) is 0 Å². The van der Waals surface area contributed by atoms with Crippen molar-refractivity contribution in [2.45, 2.75) is 6.04 Å². The summed E-state index contributed by atoms with van der Waals surface area (Å²) in [5.74, 6) is 0.535. The van der Waals surface area contributed by atoms with Crippen LogP contribution < -0.4 is 5.73 Å². The van der Waals surface area contributed by atoms with Gasteiger partial charge in [0.05, 0.1) is 13.2 Å². The minimum Gasteiger partial charge on any atom is -0.381 e. The molecule has 0 radical (unpaired) electrons. The lowest BCUT2D eigenvalue weighted by Gasteiger charge is -2.29. The van der Waals surface area contributed by atoms with Crippen molar-refractivity contribution in [1.29, 1.82) is 0 Å². The molecule has 0 aromatic carbocycles. The third-order valence-corrected chi connectivity index (χ3v) is 1.48. The Morgan fingerprint density at radius 1 is 1.75 bits per heavy atom. The van der Waals surface area contributed by atoms with Crippen LogP contribution in [-0.2, 0) is 4.74 Å². The lowest BCUT2D eigenvalue weighted by atomic mass is 9.99. The lowest BCUT2D eigenvalue weighted by molar-refractivity contribution is -0.0369. The molecule has 46 valence electrons. The van der Waals surface area contributed by atoms with Gasteiger partial charge in [-0.15, -0.1) is 6.58 Å². The molecule has 0 aliphatic carbocycles. The van der Waals surface area contributed by atoms with E-state index < -0.39 is 0 Å². The smallest absolute Gasteiger partial charge is 0.0534 e. The first-order valence-electron chi connectivity index (χ1n) is 2.80. The van der Waals surface area contributed by atoms with Crippen molar-refractivity contribution in [3.63, 3.8) is 0 Å². The summed E-state index contributed by atoms with van der Waals surface area (Å²) in [7, 11) is 0. The molecule has 1 aliphatic heterocycles. The predicted octanol–water partition coefficient (Wildman–Crippen LogP) is 0.146. The summed E-state index contributed by atoms with van der Waals surface area (Å²) >= 11 is 0. The molecular weight excluding hydrogens is 102 g/mol. The highest BCUT2D eigenvalue weighted by atomic mass is 16.5. The highest BCUT2D eigenvalue weighted by Crippen LogP contribution is 2.12. The molecule has 0 spiro atoms. The van der Waals surface area contributed by atoms with Gasteiger partial charge < -0.3 is 10.5 Å². The summed E-state index contributed by atoms with van der Waals surface area (Å²) < 4.78 is 4.93.